The van der Waals surface area contributed by atoms with Crippen LogP contribution in [0.25, 0.3) is 0 Å². The van der Waals surface area contributed by atoms with E-state index in [9.17, 15) is 0 Å². The van der Waals surface area contributed by atoms with Crippen molar-refractivity contribution in [2.75, 3.05) is 14.2 Å². The normalized spacial score (nSPS) is 23.2. The quantitative estimate of drug-likeness (QED) is 0.797. The Morgan fingerprint density at radius 3 is 2.50 bits per heavy atom. The van der Waals surface area contributed by atoms with Crippen LogP contribution in [0.4, 0.5) is 0 Å². The van der Waals surface area contributed by atoms with Gasteiger partial charge in [-0.2, -0.15) is 0 Å². The molecule has 5 nitrogen and oxygen atoms in total. The topological polar surface area (TPSA) is 46.2 Å². The van der Waals surface area contributed by atoms with Gasteiger partial charge in [0, 0.05) is 6.42 Å². The minimum Gasteiger partial charge on any atom is -0.497 e. The second kappa shape index (κ2) is 5.46. The minimum atomic E-state index is -0.976. The van der Waals surface area contributed by atoms with Crippen molar-refractivity contribution in [1.82, 2.24) is 0 Å². The Kier molecular flexibility index (Phi) is 3.39. The highest BCUT2D eigenvalue weighted by Gasteiger charge is 2.49. The van der Waals surface area contributed by atoms with Crippen molar-refractivity contribution >= 4 is 0 Å². The van der Waals surface area contributed by atoms with Gasteiger partial charge in [0.1, 0.15) is 23.0 Å². The molecular formula is C19H18O5. The van der Waals surface area contributed by atoms with E-state index in [1.807, 2.05) is 36.4 Å². The monoisotopic (exact) mass is 326 g/mol. The second-order valence-electron chi connectivity index (χ2n) is 5.68. The van der Waals surface area contributed by atoms with Gasteiger partial charge in [0.25, 0.3) is 0 Å². The van der Waals surface area contributed by atoms with E-state index in [0.717, 1.165) is 16.9 Å². The minimum absolute atomic E-state index is 0.485. The van der Waals surface area contributed by atoms with Crippen molar-refractivity contribution in [3.05, 3.63) is 60.2 Å². The van der Waals surface area contributed by atoms with Crippen LogP contribution >= 0.6 is 0 Å². The Labute approximate surface area is 140 Å². The zero-order valence-electron chi connectivity index (χ0n) is 13.6. The van der Waals surface area contributed by atoms with E-state index in [2.05, 4.69) is 6.58 Å². The standard InChI is InChI=1S/C19H18O5/c1-4-9-19-15-11-13(21-3)6-8-17(15)22-18(24-19)14-10-12(20-2)5-7-16(14)23-19/h4-8,10-11,18H,1,9H2,2-3H3/t18-,19-/m1/s1. The van der Waals surface area contributed by atoms with Gasteiger partial charge < -0.3 is 18.9 Å². The van der Waals surface area contributed by atoms with Crippen molar-refractivity contribution in [1.29, 1.82) is 0 Å². The second-order valence-corrected chi connectivity index (χ2v) is 5.68. The zero-order chi connectivity index (χ0) is 16.7. The van der Waals surface area contributed by atoms with Crippen molar-refractivity contribution in [3.8, 4) is 23.0 Å². The van der Waals surface area contributed by atoms with Crippen molar-refractivity contribution < 1.29 is 23.7 Å². The van der Waals surface area contributed by atoms with Gasteiger partial charge in [-0.15, -0.1) is 6.58 Å². The maximum atomic E-state index is 6.27. The molecule has 5 heteroatoms. The Bertz CT molecular complexity index is 800. The molecule has 0 aromatic heterocycles. The van der Waals surface area contributed by atoms with Crippen LogP contribution in [-0.4, -0.2) is 14.2 Å². The number of methoxy groups -OCH3 is 2. The molecule has 2 heterocycles. The van der Waals surface area contributed by atoms with E-state index in [1.54, 1.807) is 20.3 Å². The molecule has 0 saturated heterocycles. The van der Waals surface area contributed by atoms with Gasteiger partial charge in [0.2, 0.25) is 12.1 Å². The predicted molar refractivity (Wildman–Crippen MR) is 87.6 cm³/mol. The number of ether oxygens (including phenoxy) is 5. The lowest BCUT2D eigenvalue weighted by atomic mass is 9.96. The average Bonchev–Trinajstić information content (AvgIpc) is 2.61. The van der Waals surface area contributed by atoms with Crippen LogP contribution < -0.4 is 18.9 Å². The molecule has 4 rings (SSSR count). The Morgan fingerprint density at radius 1 is 1.08 bits per heavy atom. The maximum absolute atomic E-state index is 6.27. The van der Waals surface area contributed by atoms with Gasteiger partial charge in [0.05, 0.1) is 25.3 Å². The Hall–Kier alpha value is -2.66. The van der Waals surface area contributed by atoms with E-state index in [-0.39, 0.29) is 0 Å². The first kappa shape index (κ1) is 14.9. The van der Waals surface area contributed by atoms with Crippen LogP contribution in [-0.2, 0) is 10.5 Å². The zero-order valence-corrected chi connectivity index (χ0v) is 13.6. The molecule has 0 saturated carbocycles. The molecule has 2 bridgehead atoms. The van der Waals surface area contributed by atoms with E-state index in [0.29, 0.717) is 23.7 Å². The summed E-state index contributed by atoms with van der Waals surface area (Å²) in [5.41, 5.74) is 1.59. The smallest absolute Gasteiger partial charge is 0.247 e. The van der Waals surface area contributed by atoms with Crippen LogP contribution in [0.15, 0.2) is 49.1 Å². The summed E-state index contributed by atoms with van der Waals surface area (Å²) < 4.78 is 29.1. The van der Waals surface area contributed by atoms with Crippen LogP contribution in [0.3, 0.4) is 0 Å². The van der Waals surface area contributed by atoms with Gasteiger partial charge in [0.15, 0.2) is 0 Å². The molecule has 0 unspecified atom stereocenters. The summed E-state index contributed by atoms with van der Waals surface area (Å²) in [4.78, 5) is 0. The fourth-order valence-electron chi connectivity index (χ4n) is 3.12. The predicted octanol–water partition coefficient (Wildman–Crippen LogP) is 3.93. The highest BCUT2D eigenvalue weighted by Crippen LogP contribution is 2.53. The van der Waals surface area contributed by atoms with Crippen LogP contribution in [0.2, 0.25) is 0 Å². The summed E-state index contributed by atoms with van der Waals surface area (Å²) in [5.74, 6) is 1.88. The summed E-state index contributed by atoms with van der Waals surface area (Å²) in [7, 11) is 3.25. The number of benzene rings is 2. The highest BCUT2D eigenvalue weighted by atomic mass is 16.8. The van der Waals surface area contributed by atoms with Gasteiger partial charge in [-0.3, -0.25) is 4.74 Å². The lowest BCUT2D eigenvalue weighted by Gasteiger charge is -2.46. The largest absolute Gasteiger partial charge is 0.497 e. The number of rotatable bonds is 4. The summed E-state index contributed by atoms with van der Waals surface area (Å²) in [6, 6.07) is 11.2. The third-order valence-electron chi connectivity index (χ3n) is 4.29. The molecule has 0 radical (unpaired) electrons. The summed E-state index contributed by atoms with van der Waals surface area (Å²) in [6.45, 7) is 3.84. The van der Waals surface area contributed by atoms with E-state index in [1.165, 1.54) is 0 Å². The first-order valence-corrected chi connectivity index (χ1v) is 7.70. The fraction of sp³-hybridized carbons (Fsp3) is 0.263. The molecule has 0 spiro atoms. The lowest BCUT2D eigenvalue weighted by molar-refractivity contribution is -0.299. The molecule has 0 fully saturated rings. The molecule has 24 heavy (non-hydrogen) atoms. The van der Waals surface area contributed by atoms with Crippen molar-refractivity contribution in [3.63, 3.8) is 0 Å². The Balaban J connectivity index is 1.87. The van der Waals surface area contributed by atoms with Gasteiger partial charge in [-0.05, 0) is 36.4 Å². The third-order valence-corrected chi connectivity index (χ3v) is 4.29. The van der Waals surface area contributed by atoms with Gasteiger partial charge >= 0.3 is 0 Å². The molecule has 2 atom stereocenters. The molecule has 2 aromatic carbocycles. The molecule has 2 aliphatic rings. The number of fused-ring (bicyclic) bond motifs is 6. The van der Waals surface area contributed by atoms with Crippen molar-refractivity contribution in [2.45, 2.75) is 18.5 Å². The molecule has 124 valence electrons. The van der Waals surface area contributed by atoms with E-state index in [4.69, 9.17) is 23.7 Å². The fourth-order valence-corrected chi connectivity index (χ4v) is 3.12. The Morgan fingerprint density at radius 2 is 1.79 bits per heavy atom. The highest BCUT2D eigenvalue weighted by molar-refractivity contribution is 5.50. The van der Waals surface area contributed by atoms with E-state index >= 15 is 0 Å². The average molecular weight is 326 g/mol. The lowest BCUT2D eigenvalue weighted by Crippen LogP contribution is -2.45. The van der Waals surface area contributed by atoms with Crippen LogP contribution in [0.1, 0.15) is 23.8 Å². The van der Waals surface area contributed by atoms with Crippen LogP contribution in [0, 0.1) is 0 Å². The first-order valence-electron chi connectivity index (χ1n) is 7.70. The molecule has 2 aromatic rings. The summed E-state index contributed by atoms with van der Waals surface area (Å²) >= 11 is 0. The SMILES string of the molecule is C=CC[C@]12Oc3ccc(OC)cc3[C@H](Oc3ccc(OC)cc31)O2. The van der Waals surface area contributed by atoms with E-state index < -0.39 is 12.1 Å². The molecule has 0 amide bonds. The third kappa shape index (κ3) is 2.12. The van der Waals surface area contributed by atoms with Gasteiger partial charge in [-0.1, -0.05) is 6.08 Å². The number of hydrogen-bond donors (Lipinski definition) is 0. The van der Waals surface area contributed by atoms with Crippen LogP contribution in [0.5, 0.6) is 23.0 Å². The molecule has 2 aliphatic heterocycles. The first-order chi connectivity index (χ1) is 11.7. The van der Waals surface area contributed by atoms with Crippen molar-refractivity contribution in [2.24, 2.45) is 0 Å². The number of hydrogen-bond acceptors (Lipinski definition) is 5. The summed E-state index contributed by atoms with van der Waals surface area (Å²) in [6.07, 6.45) is 1.70. The van der Waals surface area contributed by atoms with Gasteiger partial charge in [-0.25, -0.2) is 0 Å². The molecule has 0 N–H and O–H groups in total. The maximum Gasteiger partial charge on any atom is 0.247 e. The molecule has 0 aliphatic carbocycles. The summed E-state index contributed by atoms with van der Waals surface area (Å²) in [5, 5.41) is 0. The molecular weight excluding hydrogens is 308 g/mol.